The van der Waals surface area contributed by atoms with Crippen molar-refractivity contribution in [2.75, 3.05) is 4.90 Å². The van der Waals surface area contributed by atoms with Crippen molar-refractivity contribution < 1.29 is 0 Å². The van der Waals surface area contributed by atoms with Gasteiger partial charge in [0.2, 0.25) is 0 Å². The zero-order valence-electron chi connectivity index (χ0n) is 29.6. The van der Waals surface area contributed by atoms with Crippen LogP contribution in [-0.2, 0) is 0 Å². The van der Waals surface area contributed by atoms with Gasteiger partial charge in [-0.05, 0) is 86.1 Å². The lowest BCUT2D eigenvalue weighted by atomic mass is 9.93. The molecule has 1 aromatic heterocycles. The lowest BCUT2D eigenvalue weighted by Crippen LogP contribution is -2.12. The molecule has 2 heteroatoms. The SMILES string of the molecule is c1ccc(-c2ccc(N(c3ccc(-c4ccc5ccccc5c4)cc3)c3c(-c4ccccc4)ccc4c3sc3ccccc34)cc2-c2ccccc2)cc1. The highest BCUT2D eigenvalue weighted by atomic mass is 32.1. The molecule has 0 radical (unpaired) electrons. The van der Waals surface area contributed by atoms with Gasteiger partial charge in [-0.25, -0.2) is 0 Å². The minimum atomic E-state index is 1.10. The van der Waals surface area contributed by atoms with Crippen molar-refractivity contribution in [2.24, 2.45) is 0 Å². The third kappa shape index (κ3) is 5.74. The summed E-state index contributed by atoms with van der Waals surface area (Å²) in [6, 6.07) is 77.2. The minimum Gasteiger partial charge on any atom is -0.308 e. The molecule has 0 aliphatic heterocycles. The summed E-state index contributed by atoms with van der Waals surface area (Å²) >= 11 is 1.87. The molecule has 0 amide bonds. The second-order valence-electron chi connectivity index (χ2n) is 13.7. The number of hydrogen-bond acceptors (Lipinski definition) is 2. The molecule has 1 heterocycles. The van der Waals surface area contributed by atoms with Crippen molar-refractivity contribution in [3.05, 3.63) is 212 Å². The number of nitrogens with zero attached hydrogens (tertiary/aromatic N) is 1. The van der Waals surface area contributed by atoms with E-state index in [1.807, 2.05) is 11.3 Å². The third-order valence-corrected chi connectivity index (χ3v) is 11.7. The van der Waals surface area contributed by atoms with Gasteiger partial charge in [-0.1, -0.05) is 176 Å². The van der Waals surface area contributed by atoms with Crippen LogP contribution in [0.15, 0.2) is 212 Å². The Kier molecular flexibility index (Phi) is 8.09. The molecule has 54 heavy (non-hydrogen) atoms. The summed E-state index contributed by atoms with van der Waals surface area (Å²) in [7, 11) is 0. The van der Waals surface area contributed by atoms with E-state index < -0.39 is 0 Å². The Morgan fingerprint density at radius 2 is 0.870 bits per heavy atom. The number of fused-ring (bicyclic) bond motifs is 4. The molecule has 0 atom stereocenters. The zero-order valence-corrected chi connectivity index (χ0v) is 30.4. The van der Waals surface area contributed by atoms with Crippen molar-refractivity contribution in [3.63, 3.8) is 0 Å². The Hall–Kier alpha value is -6.74. The molecule has 10 aromatic rings. The van der Waals surface area contributed by atoms with E-state index in [-0.39, 0.29) is 0 Å². The maximum Gasteiger partial charge on any atom is 0.0718 e. The van der Waals surface area contributed by atoms with E-state index in [1.165, 1.54) is 81.1 Å². The minimum absolute atomic E-state index is 1.10. The first-order valence-electron chi connectivity index (χ1n) is 18.4. The Morgan fingerprint density at radius 3 is 1.59 bits per heavy atom. The first-order valence-corrected chi connectivity index (χ1v) is 19.2. The lowest BCUT2D eigenvalue weighted by Gasteiger charge is -2.30. The Morgan fingerprint density at radius 1 is 0.315 bits per heavy atom. The molecule has 1 nitrogen and oxygen atoms in total. The Bertz CT molecular complexity index is 2910. The second kappa shape index (κ2) is 13.7. The van der Waals surface area contributed by atoms with E-state index in [0.717, 1.165) is 11.4 Å². The smallest absolute Gasteiger partial charge is 0.0718 e. The molecule has 0 aliphatic rings. The quantitative estimate of drug-likeness (QED) is 0.160. The predicted molar refractivity (Wildman–Crippen MR) is 233 cm³/mol. The van der Waals surface area contributed by atoms with Crippen molar-refractivity contribution in [2.45, 2.75) is 0 Å². The zero-order chi connectivity index (χ0) is 35.8. The number of rotatable bonds is 7. The third-order valence-electron chi connectivity index (χ3n) is 10.5. The fraction of sp³-hybridized carbons (Fsp3) is 0. The van der Waals surface area contributed by atoms with Gasteiger partial charge in [-0.3, -0.25) is 0 Å². The van der Waals surface area contributed by atoms with Crippen molar-refractivity contribution in [3.8, 4) is 44.5 Å². The van der Waals surface area contributed by atoms with Crippen LogP contribution in [0.5, 0.6) is 0 Å². The molecule has 0 unspecified atom stereocenters. The summed E-state index contributed by atoms with van der Waals surface area (Å²) < 4.78 is 2.56. The van der Waals surface area contributed by atoms with Crippen molar-refractivity contribution in [1.82, 2.24) is 0 Å². The summed E-state index contributed by atoms with van der Waals surface area (Å²) in [6.45, 7) is 0. The van der Waals surface area contributed by atoms with E-state index in [1.54, 1.807) is 0 Å². The van der Waals surface area contributed by atoms with E-state index in [4.69, 9.17) is 0 Å². The molecule has 0 bridgehead atoms. The topological polar surface area (TPSA) is 3.24 Å². The molecule has 0 fully saturated rings. The fourth-order valence-electron chi connectivity index (χ4n) is 7.82. The number of benzene rings is 9. The molecule has 9 aromatic carbocycles. The highest BCUT2D eigenvalue weighted by molar-refractivity contribution is 7.26. The van der Waals surface area contributed by atoms with E-state index in [0.29, 0.717) is 0 Å². The maximum atomic E-state index is 2.49. The lowest BCUT2D eigenvalue weighted by molar-refractivity contribution is 1.30. The van der Waals surface area contributed by atoms with Crippen LogP contribution < -0.4 is 4.90 Å². The summed E-state index contributed by atoms with van der Waals surface area (Å²) in [4.78, 5) is 2.49. The Balaban J connectivity index is 1.24. The first kappa shape index (κ1) is 32.0. The maximum absolute atomic E-state index is 2.49. The molecule has 0 saturated heterocycles. The molecule has 0 N–H and O–H groups in total. The average molecular weight is 706 g/mol. The van der Waals surface area contributed by atoms with Crippen LogP contribution in [0.25, 0.3) is 75.5 Å². The second-order valence-corrected chi connectivity index (χ2v) is 14.8. The normalized spacial score (nSPS) is 11.3. The van der Waals surface area contributed by atoms with Gasteiger partial charge in [0.15, 0.2) is 0 Å². The largest absolute Gasteiger partial charge is 0.308 e. The molecule has 10 rings (SSSR count). The van der Waals surface area contributed by atoms with Crippen LogP contribution in [0.1, 0.15) is 0 Å². The van der Waals surface area contributed by atoms with Crippen LogP contribution in [-0.4, -0.2) is 0 Å². The highest BCUT2D eigenvalue weighted by Crippen LogP contribution is 2.50. The van der Waals surface area contributed by atoms with E-state index in [9.17, 15) is 0 Å². The first-order chi connectivity index (χ1) is 26.8. The van der Waals surface area contributed by atoms with Gasteiger partial charge in [-0.2, -0.15) is 0 Å². The molecule has 0 spiro atoms. The number of anilines is 3. The monoisotopic (exact) mass is 705 g/mol. The van der Waals surface area contributed by atoms with Gasteiger partial charge in [0.1, 0.15) is 0 Å². The summed E-state index contributed by atoms with van der Waals surface area (Å²) in [6.07, 6.45) is 0. The van der Waals surface area contributed by atoms with E-state index in [2.05, 4.69) is 217 Å². The van der Waals surface area contributed by atoms with Crippen molar-refractivity contribution >= 4 is 59.3 Å². The standard InChI is InChI=1S/C52H35NS/c1-4-15-38(16-5-1)45-31-30-44(35-49(45)40-19-8-3-9-20-40)53(43-28-26-37(27-29-43)42-25-24-36-14-10-11-21-41(36)34-42)51-46(39-17-6-2-7-18-39)32-33-48-47-22-12-13-23-50(47)54-52(48)51/h1-35H. The van der Waals surface area contributed by atoms with Crippen LogP contribution in [0.3, 0.4) is 0 Å². The summed E-state index contributed by atoms with van der Waals surface area (Å²) in [5.74, 6) is 0. The van der Waals surface area contributed by atoms with Crippen LogP contribution in [0.4, 0.5) is 17.1 Å². The number of thiophene rings is 1. The molecule has 254 valence electrons. The summed E-state index contributed by atoms with van der Waals surface area (Å²) in [5, 5.41) is 5.06. The van der Waals surface area contributed by atoms with Crippen molar-refractivity contribution in [1.29, 1.82) is 0 Å². The number of hydrogen-bond donors (Lipinski definition) is 0. The van der Waals surface area contributed by atoms with Gasteiger partial charge in [-0.15, -0.1) is 11.3 Å². The average Bonchev–Trinajstić information content (AvgIpc) is 3.64. The summed E-state index contributed by atoms with van der Waals surface area (Å²) in [5.41, 5.74) is 13.0. The molecule has 0 aliphatic carbocycles. The fourth-order valence-corrected chi connectivity index (χ4v) is 9.06. The van der Waals surface area contributed by atoms with Crippen LogP contribution >= 0.6 is 11.3 Å². The molecule has 0 saturated carbocycles. The molecular formula is C52H35NS. The van der Waals surface area contributed by atoms with Gasteiger partial charge in [0, 0.05) is 32.4 Å². The van der Waals surface area contributed by atoms with Gasteiger partial charge in [0.25, 0.3) is 0 Å². The van der Waals surface area contributed by atoms with Crippen LogP contribution in [0.2, 0.25) is 0 Å². The van der Waals surface area contributed by atoms with E-state index >= 15 is 0 Å². The highest BCUT2D eigenvalue weighted by Gasteiger charge is 2.24. The van der Waals surface area contributed by atoms with Gasteiger partial charge < -0.3 is 4.90 Å². The predicted octanol–water partition coefficient (Wildman–Crippen LogP) is 15.3. The Labute approximate surface area is 319 Å². The molecular weight excluding hydrogens is 671 g/mol. The van der Waals surface area contributed by atoms with Gasteiger partial charge in [0.05, 0.1) is 10.4 Å². The van der Waals surface area contributed by atoms with Crippen LogP contribution in [0, 0.1) is 0 Å². The van der Waals surface area contributed by atoms with Gasteiger partial charge >= 0.3 is 0 Å².